The monoisotopic (exact) mass is 275 g/mol. The average Bonchev–Trinajstić information content (AvgIpc) is 2.22. The molecular formula is C6H14NO9P. The molecule has 0 saturated carbocycles. The second kappa shape index (κ2) is 5.96. The maximum Gasteiger partial charge on any atom is 0.470 e. The van der Waals surface area contributed by atoms with E-state index in [1.807, 2.05) is 0 Å². The molecule has 3 atom stereocenters. The lowest BCUT2D eigenvalue weighted by Gasteiger charge is -2.31. The second-order valence-electron chi connectivity index (χ2n) is 3.22. The number of carbonyl (C=O) groups is 1. The maximum absolute atomic E-state index is 11.1. The molecule has 8 N–H and O–H groups in total. The Bertz CT molecular complexity index is 313. The zero-order chi connectivity index (χ0) is 13.9. The fraction of sp³-hybridized carbons (Fsp3) is 0.833. The molecule has 17 heavy (non-hydrogen) atoms. The zero-order valence-electron chi connectivity index (χ0n) is 8.50. The van der Waals surface area contributed by atoms with Crippen molar-refractivity contribution in [2.45, 2.75) is 17.9 Å². The number of hydrogen-bond acceptors (Lipinski definition) is 8. The lowest BCUT2D eigenvalue weighted by molar-refractivity contribution is -0.170. The first-order valence-electron chi connectivity index (χ1n) is 4.23. The van der Waals surface area contributed by atoms with Gasteiger partial charge in [-0.15, -0.1) is 0 Å². The van der Waals surface area contributed by atoms with Crippen molar-refractivity contribution in [3.63, 3.8) is 0 Å². The summed E-state index contributed by atoms with van der Waals surface area (Å²) in [5, 5.41) is 36.0. The van der Waals surface area contributed by atoms with Crippen molar-refractivity contribution >= 4 is 13.6 Å². The number of Topliss-reactive ketones (excluding diaryl/α,β-unsaturated/α-hetero) is 1. The van der Waals surface area contributed by atoms with Crippen LogP contribution < -0.4 is 5.73 Å². The molecule has 10 nitrogen and oxygen atoms in total. The molecule has 0 aliphatic rings. The van der Waals surface area contributed by atoms with E-state index in [-0.39, 0.29) is 0 Å². The van der Waals surface area contributed by atoms with Gasteiger partial charge in [0, 0.05) is 0 Å². The number of carbonyl (C=O) groups excluding carboxylic acids is 1. The van der Waals surface area contributed by atoms with E-state index in [1.54, 1.807) is 0 Å². The minimum absolute atomic E-state index is 1.03. The molecule has 0 aromatic heterocycles. The van der Waals surface area contributed by atoms with E-state index in [1.165, 1.54) is 0 Å². The van der Waals surface area contributed by atoms with Crippen LogP contribution >= 0.6 is 7.82 Å². The third-order valence-electron chi connectivity index (χ3n) is 1.82. The van der Waals surface area contributed by atoms with E-state index in [2.05, 4.69) is 4.52 Å². The highest BCUT2D eigenvalue weighted by molar-refractivity contribution is 7.46. The van der Waals surface area contributed by atoms with Crippen LogP contribution in [0.25, 0.3) is 0 Å². The van der Waals surface area contributed by atoms with Crippen molar-refractivity contribution in [3.8, 4) is 0 Å². The summed E-state index contributed by atoms with van der Waals surface area (Å²) in [5.74, 6) is -1.37. The quantitative estimate of drug-likeness (QED) is 0.178. The van der Waals surface area contributed by atoms with Gasteiger partial charge in [0.2, 0.25) is 0 Å². The Morgan fingerprint density at radius 2 is 1.88 bits per heavy atom. The van der Waals surface area contributed by atoms with Crippen molar-refractivity contribution in [1.29, 1.82) is 0 Å². The van der Waals surface area contributed by atoms with Gasteiger partial charge >= 0.3 is 7.82 Å². The number of aliphatic hydroxyl groups excluding tert-OH is 3. The lowest BCUT2D eigenvalue weighted by atomic mass is 9.98. The number of nitrogens with two attached hydrogens (primary N) is 1. The molecule has 102 valence electrons. The van der Waals surface area contributed by atoms with Gasteiger partial charge in [0.15, 0.2) is 17.6 Å². The Hall–Kier alpha value is -0.420. The molecule has 0 heterocycles. The molecule has 0 unspecified atom stereocenters. The normalized spacial score (nSPS) is 19.5. The van der Waals surface area contributed by atoms with Gasteiger partial charge < -0.3 is 30.2 Å². The van der Waals surface area contributed by atoms with Crippen LogP contribution in [0.15, 0.2) is 0 Å². The van der Waals surface area contributed by atoms with Gasteiger partial charge in [0.1, 0.15) is 12.7 Å². The number of aliphatic hydroxyl groups is 4. The van der Waals surface area contributed by atoms with Crippen LogP contribution in [0, 0.1) is 0 Å². The van der Waals surface area contributed by atoms with Gasteiger partial charge in [0.25, 0.3) is 0 Å². The van der Waals surface area contributed by atoms with Crippen LogP contribution in [0.5, 0.6) is 0 Å². The molecule has 0 aliphatic carbocycles. The number of ketones is 1. The first kappa shape index (κ1) is 16.6. The fourth-order valence-electron chi connectivity index (χ4n) is 0.813. The Labute approximate surface area is 95.5 Å². The molecule has 11 heteroatoms. The van der Waals surface area contributed by atoms with E-state index in [0.717, 1.165) is 0 Å². The van der Waals surface area contributed by atoms with Gasteiger partial charge in [-0.3, -0.25) is 15.1 Å². The first-order chi connectivity index (χ1) is 7.52. The summed E-state index contributed by atoms with van der Waals surface area (Å²) in [5.41, 5.74) is 2.12. The van der Waals surface area contributed by atoms with Crippen molar-refractivity contribution in [1.82, 2.24) is 0 Å². The Morgan fingerprint density at radius 1 is 1.41 bits per heavy atom. The molecule has 0 amide bonds. The molecule has 0 radical (unpaired) electrons. The minimum atomic E-state index is -4.91. The molecule has 0 spiro atoms. The Morgan fingerprint density at radius 3 is 2.24 bits per heavy atom. The smallest absolute Gasteiger partial charge is 0.394 e. The summed E-state index contributed by atoms with van der Waals surface area (Å²) in [6.07, 6.45) is -4.40. The molecule has 0 fully saturated rings. The summed E-state index contributed by atoms with van der Waals surface area (Å²) >= 11 is 0. The average molecular weight is 275 g/mol. The summed E-state index contributed by atoms with van der Waals surface area (Å²) in [6.45, 7) is -2.25. The standard InChI is InChI=1S/C6H14NO9P/c7-6(12,4(10)1-8)5(11)3(9)2-16-17(13,14)15/h4-5,8,10-12H,1-2,7H2,(H2,13,14,15)/t4-,5-,6+/m1/s1. The van der Waals surface area contributed by atoms with Gasteiger partial charge in [-0.1, -0.05) is 0 Å². The Balaban J connectivity index is 4.55. The molecule has 0 aromatic rings. The lowest BCUT2D eigenvalue weighted by Crippen LogP contribution is -2.63. The highest BCUT2D eigenvalue weighted by atomic mass is 31.2. The van der Waals surface area contributed by atoms with Gasteiger partial charge in [0.05, 0.1) is 6.61 Å². The van der Waals surface area contributed by atoms with Gasteiger partial charge in [-0.2, -0.15) is 0 Å². The van der Waals surface area contributed by atoms with Crippen LogP contribution in [0.4, 0.5) is 0 Å². The van der Waals surface area contributed by atoms with Gasteiger partial charge in [-0.25, -0.2) is 4.57 Å². The second-order valence-corrected chi connectivity index (χ2v) is 4.46. The number of rotatable bonds is 7. The van der Waals surface area contributed by atoms with Crippen LogP contribution in [0.3, 0.4) is 0 Å². The SMILES string of the molecule is N[C@](O)([C@H](O)CO)[C@H](O)C(=O)COP(=O)(O)O. The maximum atomic E-state index is 11.1. The third-order valence-corrected chi connectivity index (χ3v) is 2.29. The van der Waals surface area contributed by atoms with E-state index in [4.69, 9.17) is 25.7 Å². The van der Waals surface area contributed by atoms with Crippen LogP contribution in [0.2, 0.25) is 0 Å². The third kappa shape index (κ3) is 5.17. The van der Waals surface area contributed by atoms with Crippen molar-refractivity contribution in [2.75, 3.05) is 13.2 Å². The van der Waals surface area contributed by atoms with Crippen molar-refractivity contribution in [2.24, 2.45) is 5.73 Å². The topological polar surface area (TPSA) is 191 Å². The van der Waals surface area contributed by atoms with Gasteiger partial charge in [-0.05, 0) is 0 Å². The predicted molar refractivity (Wildman–Crippen MR) is 51.2 cm³/mol. The van der Waals surface area contributed by atoms with Crippen LogP contribution in [-0.4, -0.2) is 67.1 Å². The van der Waals surface area contributed by atoms with Crippen LogP contribution in [-0.2, 0) is 13.9 Å². The van der Waals surface area contributed by atoms with Crippen molar-refractivity contribution in [3.05, 3.63) is 0 Å². The molecule has 0 aliphatic heterocycles. The number of phosphoric acid groups is 1. The Kier molecular flexibility index (Phi) is 5.81. The highest BCUT2D eigenvalue weighted by Crippen LogP contribution is 2.35. The molecule has 0 bridgehead atoms. The van der Waals surface area contributed by atoms with E-state index in [9.17, 15) is 19.6 Å². The van der Waals surface area contributed by atoms with E-state index >= 15 is 0 Å². The largest absolute Gasteiger partial charge is 0.470 e. The van der Waals surface area contributed by atoms with E-state index in [0.29, 0.717) is 0 Å². The first-order valence-corrected chi connectivity index (χ1v) is 5.76. The summed E-state index contributed by atoms with van der Waals surface area (Å²) in [4.78, 5) is 27.7. The molecule has 0 aromatic carbocycles. The molecular weight excluding hydrogens is 261 g/mol. The van der Waals surface area contributed by atoms with Crippen molar-refractivity contribution < 1.29 is 44.1 Å². The highest BCUT2D eigenvalue weighted by Gasteiger charge is 2.43. The number of phosphoric ester groups is 1. The van der Waals surface area contributed by atoms with Crippen LogP contribution in [0.1, 0.15) is 0 Å². The minimum Gasteiger partial charge on any atom is -0.394 e. The fourth-order valence-corrected chi connectivity index (χ4v) is 1.11. The number of hydrogen-bond donors (Lipinski definition) is 7. The summed E-state index contributed by atoms with van der Waals surface area (Å²) in [7, 11) is -4.91. The molecule has 0 rings (SSSR count). The summed E-state index contributed by atoms with van der Waals surface area (Å²) < 4.78 is 14.0. The zero-order valence-corrected chi connectivity index (χ0v) is 9.40. The molecule has 0 saturated heterocycles. The predicted octanol–water partition coefficient (Wildman–Crippen LogP) is -3.97. The van der Waals surface area contributed by atoms with E-state index < -0.39 is 44.8 Å². The summed E-state index contributed by atoms with van der Waals surface area (Å²) in [6, 6.07) is 0.